The van der Waals surface area contributed by atoms with E-state index in [1.54, 1.807) is 30.4 Å². The fourth-order valence-corrected chi connectivity index (χ4v) is 2.58. The van der Waals surface area contributed by atoms with Crippen molar-refractivity contribution in [1.29, 1.82) is 0 Å². The first-order valence-corrected chi connectivity index (χ1v) is 8.59. The lowest BCUT2D eigenvalue weighted by molar-refractivity contribution is 0.0946. The van der Waals surface area contributed by atoms with Gasteiger partial charge in [0.1, 0.15) is 11.6 Å². The number of halogens is 2. The number of carbonyl (C=O) groups is 1. The van der Waals surface area contributed by atoms with Gasteiger partial charge in [-0.25, -0.2) is 8.78 Å². The van der Waals surface area contributed by atoms with Gasteiger partial charge in [-0.15, -0.1) is 0 Å². The first-order valence-electron chi connectivity index (χ1n) is 7.77. The number of amides is 1. The van der Waals surface area contributed by atoms with Crippen molar-refractivity contribution in [3.63, 3.8) is 0 Å². The average Bonchev–Trinajstić information content (AvgIpc) is 2.62. The van der Waals surface area contributed by atoms with Gasteiger partial charge in [0.2, 0.25) is 0 Å². The summed E-state index contributed by atoms with van der Waals surface area (Å²) in [5.41, 5.74) is 3.60. The number of allylic oxidation sites excluding steroid dienone is 5. The molecule has 0 aliphatic carbocycles. The van der Waals surface area contributed by atoms with Crippen molar-refractivity contribution in [2.45, 2.75) is 11.8 Å². The second-order valence-corrected chi connectivity index (χ2v) is 6.08. The predicted molar refractivity (Wildman–Crippen MR) is 102 cm³/mol. The van der Waals surface area contributed by atoms with E-state index in [0.29, 0.717) is 16.0 Å². The Morgan fingerprint density at radius 1 is 1.12 bits per heavy atom. The Balaban J connectivity index is 2.04. The number of benzene rings is 2. The standard InChI is InChI=1S/C20H18F2N2OS/c1-3-4-5-8-14(2)15-11-16(13-17(21)12-15)20(25)23-24-26-19-10-7-6-9-18(19)22/h3-13,24H,2H2,1H3,(H,23,25)/b4-3-,8-5-. The Morgan fingerprint density at radius 2 is 1.85 bits per heavy atom. The Labute approximate surface area is 155 Å². The maximum Gasteiger partial charge on any atom is 0.266 e. The summed E-state index contributed by atoms with van der Waals surface area (Å²) in [5.74, 6) is -1.49. The highest BCUT2D eigenvalue weighted by Gasteiger charge is 2.10. The highest BCUT2D eigenvalue weighted by molar-refractivity contribution is 7.97. The second-order valence-electron chi connectivity index (χ2n) is 5.23. The van der Waals surface area contributed by atoms with E-state index in [2.05, 4.69) is 16.8 Å². The number of hydrogen-bond acceptors (Lipinski definition) is 3. The Morgan fingerprint density at radius 3 is 2.58 bits per heavy atom. The first kappa shape index (κ1) is 19.6. The van der Waals surface area contributed by atoms with Crippen LogP contribution in [0.3, 0.4) is 0 Å². The number of nitrogens with one attached hydrogen (secondary N) is 2. The number of hydrogen-bond donors (Lipinski definition) is 2. The molecule has 0 aliphatic rings. The minimum atomic E-state index is -0.546. The molecule has 0 radical (unpaired) electrons. The monoisotopic (exact) mass is 372 g/mol. The number of rotatable bonds is 7. The summed E-state index contributed by atoms with van der Waals surface area (Å²) in [7, 11) is 0. The molecule has 0 bridgehead atoms. The first-order chi connectivity index (χ1) is 12.5. The molecule has 0 unspecified atom stereocenters. The predicted octanol–water partition coefficient (Wildman–Crippen LogP) is 5.05. The quantitative estimate of drug-likeness (QED) is 0.406. The Bertz CT molecular complexity index is 863. The van der Waals surface area contributed by atoms with Gasteiger partial charge in [0, 0.05) is 5.56 Å². The Kier molecular flexibility index (Phi) is 7.32. The van der Waals surface area contributed by atoms with E-state index in [1.165, 1.54) is 18.2 Å². The van der Waals surface area contributed by atoms with Crippen molar-refractivity contribution in [2.24, 2.45) is 0 Å². The molecule has 3 nitrogen and oxygen atoms in total. The molecule has 6 heteroatoms. The van der Waals surface area contributed by atoms with E-state index >= 15 is 0 Å². The van der Waals surface area contributed by atoms with Gasteiger partial charge >= 0.3 is 0 Å². The molecule has 0 heterocycles. The lowest BCUT2D eigenvalue weighted by Gasteiger charge is -2.09. The van der Waals surface area contributed by atoms with Crippen LogP contribution in [-0.2, 0) is 0 Å². The van der Waals surface area contributed by atoms with Crippen molar-refractivity contribution in [2.75, 3.05) is 0 Å². The van der Waals surface area contributed by atoms with Gasteiger partial charge in [0.25, 0.3) is 5.91 Å². The largest absolute Gasteiger partial charge is 0.277 e. The van der Waals surface area contributed by atoms with Crippen LogP contribution in [0.1, 0.15) is 22.8 Å². The normalized spacial score (nSPS) is 11.2. The van der Waals surface area contributed by atoms with Gasteiger partial charge in [0.15, 0.2) is 0 Å². The molecule has 0 aliphatic heterocycles. The van der Waals surface area contributed by atoms with Crippen LogP contribution >= 0.6 is 11.9 Å². The summed E-state index contributed by atoms with van der Waals surface area (Å²) >= 11 is 0.911. The molecule has 2 aromatic rings. The van der Waals surface area contributed by atoms with Crippen LogP contribution in [0.2, 0.25) is 0 Å². The molecule has 1 amide bonds. The lowest BCUT2D eigenvalue weighted by Crippen LogP contribution is -2.32. The third-order valence-corrected chi connectivity index (χ3v) is 4.05. The second kappa shape index (κ2) is 9.70. The van der Waals surface area contributed by atoms with Gasteiger partial charge in [0.05, 0.1) is 4.90 Å². The SMILES string of the molecule is C=C(/C=C\C=C/C)c1cc(F)cc(C(=O)NNSc2ccccc2F)c1. The van der Waals surface area contributed by atoms with E-state index < -0.39 is 17.5 Å². The van der Waals surface area contributed by atoms with Gasteiger partial charge < -0.3 is 0 Å². The summed E-state index contributed by atoms with van der Waals surface area (Å²) in [4.78, 5) is 15.1. The Hall–Kier alpha value is -2.70. The molecule has 26 heavy (non-hydrogen) atoms. The van der Waals surface area contributed by atoms with E-state index in [1.807, 2.05) is 19.1 Å². The molecule has 2 rings (SSSR count). The summed E-state index contributed by atoms with van der Waals surface area (Å²) in [6.07, 6.45) is 7.18. The fraction of sp³-hybridized carbons (Fsp3) is 0.0500. The molecule has 0 saturated heterocycles. The van der Waals surface area contributed by atoms with Crippen LogP contribution < -0.4 is 10.3 Å². The summed E-state index contributed by atoms with van der Waals surface area (Å²) in [5, 5.41) is 0. The summed E-state index contributed by atoms with van der Waals surface area (Å²) in [6, 6.07) is 10.1. The molecule has 0 atom stereocenters. The zero-order chi connectivity index (χ0) is 18.9. The van der Waals surface area contributed by atoms with Crippen molar-refractivity contribution in [3.8, 4) is 0 Å². The zero-order valence-corrected chi connectivity index (χ0v) is 14.9. The summed E-state index contributed by atoms with van der Waals surface area (Å²) in [6.45, 7) is 5.75. The third kappa shape index (κ3) is 5.68. The molecular formula is C20H18F2N2OS. The van der Waals surface area contributed by atoms with Gasteiger partial charge in [-0.1, -0.05) is 43.0 Å². The van der Waals surface area contributed by atoms with Crippen molar-refractivity contribution < 1.29 is 13.6 Å². The maximum atomic E-state index is 13.8. The highest BCUT2D eigenvalue weighted by atomic mass is 32.2. The fourth-order valence-electron chi connectivity index (χ4n) is 2.01. The minimum Gasteiger partial charge on any atom is -0.277 e. The van der Waals surface area contributed by atoms with E-state index in [-0.39, 0.29) is 5.56 Å². The minimum absolute atomic E-state index is 0.127. The molecule has 0 saturated carbocycles. The average molecular weight is 372 g/mol. The zero-order valence-electron chi connectivity index (χ0n) is 14.1. The van der Waals surface area contributed by atoms with Gasteiger partial charge in [-0.3, -0.25) is 10.2 Å². The molecule has 134 valence electrons. The molecular weight excluding hydrogens is 354 g/mol. The smallest absolute Gasteiger partial charge is 0.266 e. The molecule has 2 aromatic carbocycles. The molecule has 0 aromatic heterocycles. The van der Waals surface area contributed by atoms with E-state index in [9.17, 15) is 13.6 Å². The van der Waals surface area contributed by atoms with Crippen LogP contribution in [0.5, 0.6) is 0 Å². The van der Waals surface area contributed by atoms with Crippen LogP contribution in [0, 0.1) is 11.6 Å². The lowest BCUT2D eigenvalue weighted by atomic mass is 10.0. The molecule has 0 fully saturated rings. The van der Waals surface area contributed by atoms with Gasteiger partial charge in [-0.2, -0.15) is 4.83 Å². The van der Waals surface area contributed by atoms with Crippen molar-refractivity contribution >= 4 is 23.4 Å². The van der Waals surface area contributed by atoms with E-state index in [4.69, 9.17) is 0 Å². The van der Waals surface area contributed by atoms with Crippen molar-refractivity contribution in [3.05, 3.63) is 96.1 Å². The summed E-state index contributed by atoms with van der Waals surface area (Å²) < 4.78 is 27.4. The van der Waals surface area contributed by atoms with E-state index in [0.717, 1.165) is 18.0 Å². The van der Waals surface area contributed by atoms with Crippen LogP contribution in [0.15, 0.2) is 78.2 Å². The van der Waals surface area contributed by atoms with Crippen LogP contribution in [0.25, 0.3) is 5.57 Å². The van der Waals surface area contributed by atoms with Gasteiger partial charge in [-0.05, 0) is 60.3 Å². The maximum absolute atomic E-state index is 13.8. The van der Waals surface area contributed by atoms with Crippen LogP contribution in [0.4, 0.5) is 8.78 Å². The van der Waals surface area contributed by atoms with Crippen LogP contribution in [-0.4, -0.2) is 5.91 Å². The molecule has 2 N–H and O–H groups in total. The number of hydrazine groups is 1. The topological polar surface area (TPSA) is 41.1 Å². The highest BCUT2D eigenvalue weighted by Crippen LogP contribution is 2.19. The number of carbonyl (C=O) groups excluding carboxylic acids is 1. The third-order valence-electron chi connectivity index (χ3n) is 3.29. The van der Waals surface area contributed by atoms with Crippen molar-refractivity contribution in [1.82, 2.24) is 10.3 Å². The molecule has 0 spiro atoms.